The van der Waals surface area contributed by atoms with Gasteiger partial charge in [-0.05, 0) is 6.42 Å². The van der Waals surface area contributed by atoms with Crippen LogP contribution in [0.2, 0.25) is 0 Å². The number of hydrogen-bond acceptors (Lipinski definition) is 1. The summed E-state index contributed by atoms with van der Waals surface area (Å²) in [5.41, 5.74) is 6.40. The molecule has 0 aliphatic heterocycles. The number of aromatic nitrogens is 1. The van der Waals surface area contributed by atoms with Gasteiger partial charge >= 0.3 is 0 Å². The van der Waals surface area contributed by atoms with Crippen LogP contribution in [0.25, 0.3) is 0 Å². The van der Waals surface area contributed by atoms with Gasteiger partial charge in [0.2, 0.25) is 0 Å². The molecule has 1 heterocycles. The lowest BCUT2D eigenvalue weighted by molar-refractivity contribution is -0.697. The van der Waals surface area contributed by atoms with Crippen LogP contribution in [-0.4, -0.2) is 0 Å². The second-order valence-electron chi connectivity index (χ2n) is 3.08. The maximum Gasteiger partial charge on any atom is 0.170 e. The molecule has 1 aromatic heterocycles. The first-order valence-corrected chi connectivity index (χ1v) is 4.57. The van der Waals surface area contributed by atoms with Crippen LogP contribution in [0.5, 0.6) is 0 Å². The fourth-order valence-electron chi connectivity index (χ4n) is 1.16. The highest BCUT2D eigenvalue weighted by Gasteiger charge is 1.97. The van der Waals surface area contributed by atoms with E-state index in [1.165, 1.54) is 19.3 Å². The fraction of sp³-hybridized carbons (Fsp3) is 0.500. The van der Waals surface area contributed by atoms with E-state index in [-0.39, 0.29) is 24.0 Å². The zero-order valence-electron chi connectivity index (χ0n) is 8.04. The SMILES string of the molecule is CCCCC[n+]1ccc(N)cc1.[I-]. The first-order valence-electron chi connectivity index (χ1n) is 4.57. The Kier molecular flexibility index (Phi) is 6.94. The topological polar surface area (TPSA) is 29.9 Å². The molecule has 0 aromatic carbocycles. The van der Waals surface area contributed by atoms with Crippen LogP contribution in [0.1, 0.15) is 26.2 Å². The second kappa shape index (κ2) is 7.12. The van der Waals surface area contributed by atoms with Crippen molar-refractivity contribution in [3.63, 3.8) is 0 Å². The van der Waals surface area contributed by atoms with Crippen LogP contribution < -0.4 is 34.3 Å². The first kappa shape index (κ1) is 12.7. The minimum atomic E-state index is 0. The van der Waals surface area contributed by atoms with E-state index < -0.39 is 0 Å². The molecule has 0 amide bonds. The van der Waals surface area contributed by atoms with Crippen molar-refractivity contribution in [3.8, 4) is 0 Å². The summed E-state index contributed by atoms with van der Waals surface area (Å²) in [6.07, 6.45) is 7.90. The zero-order chi connectivity index (χ0) is 8.81. The molecule has 0 radical (unpaired) electrons. The van der Waals surface area contributed by atoms with Crippen LogP contribution in [-0.2, 0) is 6.54 Å². The van der Waals surface area contributed by atoms with E-state index in [0.717, 1.165) is 12.2 Å². The Morgan fingerprint density at radius 2 is 1.85 bits per heavy atom. The average Bonchev–Trinajstić information content (AvgIpc) is 2.09. The summed E-state index contributed by atoms with van der Waals surface area (Å²) in [4.78, 5) is 0. The molecular formula is C10H17IN2. The van der Waals surface area contributed by atoms with Crippen molar-refractivity contribution in [2.24, 2.45) is 0 Å². The molecule has 0 saturated heterocycles. The maximum absolute atomic E-state index is 5.57. The van der Waals surface area contributed by atoms with Gasteiger partial charge in [-0.15, -0.1) is 0 Å². The van der Waals surface area contributed by atoms with Crippen molar-refractivity contribution < 1.29 is 28.5 Å². The van der Waals surface area contributed by atoms with Crippen LogP contribution in [0, 0.1) is 0 Å². The van der Waals surface area contributed by atoms with E-state index in [2.05, 4.69) is 11.5 Å². The van der Waals surface area contributed by atoms with Gasteiger partial charge in [0.05, 0.1) is 0 Å². The number of nitrogens with two attached hydrogens (primary N) is 1. The Morgan fingerprint density at radius 3 is 2.38 bits per heavy atom. The van der Waals surface area contributed by atoms with Crippen molar-refractivity contribution in [1.82, 2.24) is 0 Å². The monoisotopic (exact) mass is 292 g/mol. The molecule has 0 atom stereocenters. The standard InChI is InChI=1S/C10H16N2.HI/c1-2-3-4-7-12-8-5-10(11)6-9-12;/h5-6,8-9,11H,2-4,7H2,1H3;1H. The molecule has 1 rings (SSSR count). The summed E-state index contributed by atoms with van der Waals surface area (Å²) in [6.45, 7) is 3.32. The molecule has 0 fully saturated rings. The lowest BCUT2D eigenvalue weighted by Gasteiger charge is -1.95. The zero-order valence-corrected chi connectivity index (χ0v) is 10.2. The first-order chi connectivity index (χ1) is 5.83. The molecule has 0 aliphatic rings. The molecule has 0 spiro atoms. The van der Waals surface area contributed by atoms with Crippen LogP contribution in [0.3, 0.4) is 0 Å². The molecule has 74 valence electrons. The highest BCUT2D eigenvalue weighted by atomic mass is 127. The van der Waals surface area contributed by atoms with Gasteiger partial charge in [-0.2, -0.15) is 0 Å². The lowest BCUT2D eigenvalue weighted by atomic mass is 10.2. The number of rotatable bonds is 4. The smallest absolute Gasteiger partial charge is 0.170 e. The fourth-order valence-corrected chi connectivity index (χ4v) is 1.16. The third-order valence-electron chi connectivity index (χ3n) is 1.94. The Labute approximate surface area is 97.2 Å². The predicted molar refractivity (Wildman–Crippen MR) is 50.6 cm³/mol. The summed E-state index contributed by atoms with van der Waals surface area (Å²) in [5.74, 6) is 0. The van der Waals surface area contributed by atoms with Crippen LogP contribution in [0.4, 0.5) is 5.69 Å². The third kappa shape index (κ3) is 5.08. The Balaban J connectivity index is 0.00000144. The van der Waals surface area contributed by atoms with Crippen molar-refractivity contribution in [2.45, 2.75) is 32.7 Å². The largest absolute Gasteiger partial charge is 1.00 e. The quantitative estimate of drug-likeness (QED) is 0.419. The van der Waals surface area contributed by atoms with Gasteiger partial charge in [0.25, 0.3) is 0 Å². The number of anilines is 1. The molecule has 2 nitrogen and oxygen atoms in total. The van der Waals surface area contributed by atoms with E-state index in [1.807, 2.05) is 24.5 Å². The lowest BCUT2D eigenvalue weighted by Crippen LogP contribution is -3.00. The van der Waals surface area contributed by atoms with E-state index >= 15 is 0 Å². The van der Waals surface area contributed by atoms with E-state index in [0.29, 0.717) is 0 Å². The molecule has 0 bridgehead atoms. The highest BCUT2D eigenvalue weighted by molar-refractivity contribution is 5.32. The normalized spacial score (nSPS) is 9.31. The summed E-state index contributed by atoms with van der Waals surface area (Å²) >= 11 is 0. The van der Waals surface area contributed by atoms with Crippen LogP contribution >= 0.6 is 0 Å². The van der Waals surface area contributed by atoms with E-state index in [9.17, 15) is 0 Å². The number of aryl methyl sites for hydroxylation is 1. The van der Waals surface area contributed by atoms with Gasteiger partial charge in [0.15, 0.2) is 12.4 Å². The number of nitrogens with zero attached hydrogens (tertiary/aromatic N) is 1. The van der Waals surface area contributed by atoms with Gasteiger partial charge in [0.1, 0.15) is 6.54 Å². The van der Waals surface area contributed by atoms with E-state index in [4.69, 9.17) is 5.73 Å². The number of unbranched alkanes of at least 4 members (excludes halogenated alkanes) is 2. The van der Waals surface area contributed by atoms with Gasteiger partial charge in [0, 0.05) is 24.2 Å². The number of hydrogen-bond donors (Lipinski definition) is 1. The molecule has 0 aliphatic carbocycles. The Bertz CT molecular complexity index is 221. The molecular weight excluding hydrogens is 275 g/mol. The van der Waals surface area contributed by atoms with Crippen molar-refractivity contribution in [2.75, 3.05) is 5.73 Å². The molecule has 0 saturated carbocycles. The second-order valence-corrected chi connectivity index (χ2v) is 3.08. The van der Waals surface area contributed by atoms with Crippen molar-refractivity contribution in [1.29, 1.82) is 0 Å². The number of pyridine rings is 1. The third-order valence-corrected chi connectivity index (χ3v) is 1.94. The molecule has 3 heteroatoms. The molecule has 1 aromatic rings. The molecule has 2 N–H and O–H groups in total. The number of halogens is 1. The molecule has 0 unspecified atom stereocenters. The van der Waals surface area contributed by atoms with Crippen molar-refractivity contribution in [3.05, 3.63) is 24.5 Å². The summed E-state index contributed by atoms with van der Waals surface area (Å²) < 4.78 is 2.17. The minimum absolute atomic E-state index is 0. The Morgan fingerprint density at radius 1 is 1.23 bits per heavy atom. The number of nitrogen functional groups attached to an aromatic ring is 1. The van der Waals surface area contributed by atoms with Crippen molar-refractivity contribution >= 4 is 5.69 Å². The predicted octanol–water partition coefficient (Wildman–Crippen LogP) is -1.25. The summed E-state index contributed by atoms with van der Waals surface area (Å²) in [6, 6.07) is 3.87. The Hall–Kier alpha value is -0.320. The van der Waals surface area contributed by atoms with Gasteiger partial charge in [-0.1, -0.05) is 13.3 Å². The van der Waals surface area contributed by atoms with Gasteiger partial charge in [-0.25, -0.2) is 4.57 Å². The van der Waals surface area contributed by atoms with E-state index in [1.54, 1.807) is 0 Å². The molecule has 13 heavy (non-hydrogen) atoms. The highest BCUT2D eigenvalue weighted by Crippen LogP contribution is 1.96. The van der Waals surface area contributed by atoms with Gasteiger partial charge < -0.3 is 29.7 Å². The average molecular weight is 292 g/mol. The summed E-state index contributed by atoms with van der Waals surface area (Å²) in [5, 5.41) is 0. The summed E-state index contributed by atoms with van der Waals surface area (Å²) in [7, 11) is 0. The van der Waals surface area contributed by atoms with Crippen LogP contribution in [0.15, 0.2) is 24.5 Å². The van der Waals surface area contributed by atoms with Gasteiger partial charge in [-0.3, -0.25) is 0 Å². The maximum atomic E-state index is 5.57. The minimum Gasteiger partial charge on any atom is -1.00 e.